The van der Waals surface area contributed by atoms with E-state index in [1.165, 1.54) is 6.33 Å². The summed E-state index contributed by atoms with van der Waals surface area (Å²) in [5.41, 5.74) is 1.28. The van der Waals surface area contributed by atoms with Crippen LogP contribution in [0.2, 0.25) is 0 Å². The van der Waals surface area contributed by atoms with E-state index in [2.05, 4.69) is 24.8 Å². The van der Waals surface area contributed by atoms with Crippen LogP contribution >= 0.6 is 0 Å². The summed E-state index contributed by atoms with van der Waals surface area (Å²) in [7, 11) is 0. The second-order valence-electron chi connectivity index (χ2n) is 6.39. The molecule has 0 atom stereocenters. The third-order valence-electron chi connectivity index (χ3n) is 4.72. The van der Waals surface area contributed by atoms with Gasteiger partial charge < -0.3 is 14.4 Å². The molecule has 1 fully saturated rings. The summed E-state index contributed by atoms with van der Waals surface area (Å²) >= 11 is 0. The summed E-state index contributed by atoms with van der Waals surface area (Å²) < 4.78 is 11.6. The predicted molar refractivity (Wildman–Crippen MR) is 101 cm³/mol. The summed E-state index contributed by atoms with van der Waals surface area (Å²) in [6.07, 6.45) is 3.78. The molecule has 10 heteroatoms. The zero-order chi connectivity index (χ0) is 19.5. The van der Waals surface area contributed by atoms with E-state index in [9.17, 15) is 9.59 Å². The third-order valence-corrected chi connectivity index (χ3v) is 4.72. The number of rotatable bonds is 4. The highest BCUT2D eigenvalue weighted by Crippen LogP contribution is 2.27. The van der Waals surface area contributed by atoms with Crippen LogP contribution in [0.1, 0.15) is 25.8 Å². The van der Waals surface area contributed by atoms with Crippen LogP contribution in [0.3, 0.4) is 0 Å². The number of hydrogen-bond acceptors (Lipinski definition) is 8. The van der Waals surface area contributed by atoms with Crippen LogP contribution in [-0.4, -0.2) is 50.4 Å². The number of H-pyrrole nitrogens is 1. The van der Waals surface area contributed by atoms with Gasteiger partial charge in [-0.1, -0.05) is 0 Å². The number of carbonyl (C=O) groups is 1. The van der Waals surface area contributed by atoms with Gasteiger partial charge in [0.2, 0.25) is 5.88 Å². The molecule has 1 aliphatic rings. The van der Waals surface area contributed by atoms with Crippen LogP contribution in [0.5, 0.6) is 5.88 Å². The highest BCUT2D eigenvalue weighted by atomic mass is 16.7. The summed E-state index contributed by atoms with van der Waals surface area (Å²) in [4.78, 5) is 41.1. The first-order valence-electron chi connectivity index (χ1n) is 9.12. The zero-order valence-electron chi connectivity index (χ0n) is 15.4. The minimum Gasteiger partial charge on any atom is -0.434 e. The van der Waals surface area contributed by atoms with E-state index in [0.717, 1.165) is 18.4 Å². The minimum atomic E-state index is -0.793. The average molecular weight is 384 g/mol. The Labute approximate surface area is 160 Å². The molecule has 0 spiro atoms. The van der Waals surface area contributed by atoms with E-state index in [1.54, 1.807) is 23.8 Å². The number of carbonyl (C=O) groups excluding carboxylic acids is 1. The number of pyridine rings is 1. The van der Waals surface area contributed by atoms with Crippen molar-refractivity contribution in [1.82, 2.24) is 24.5 Å². The molecule has 0 unspecified atom stereocenters. The molecule has 10 nitrogen and oxygen atoms in total. The zero-order valence-corrected chi connectivity index (χ0v) is 15.4. The van der Waals surface area contributed by atoms with Crippen molar-refractivity contribution in [3.05, 3.63) is 41.2 Å². The monoisotopic (exact) mass is 384 g/mol. The van der Waals surface area contributed by atoms with Gasteiger partial charge in [-0.15, -0.1) is 0 Å². The maximum Gasteiger partial charge on any atom is 0.515 e. The molecule has 0 aromatic carbocycles. The van der Waals surface area contributed by atoms with Crippen LogP contribution in [0.15, 0.2) is 35.5 Å². The second-order valence-corrected chi connectivity index (χ2v) is 6.39. The van der Waals surface area contributed by atoms with Gasteiger partial charge in [0, 0.05) is 31.4 Å². The average Bonchev–Trinajstić information content (AvgIpc) is 3.04. The lowest BCUT2D eigenvalue weighted by Gasteiger charge is -2.33. The van der Waals surface area contributed by atoms with Crippen molar-refractivity contribution in [2.24, 2.45) is 0 Å². The number of anilines is 1. The molecule has 0 saturated carbocycles. The van der Waals surface area contributed by atoms with Crippen molar-refractivity contribution in [3.63, 3.8) is 0 Å². The maximum atomic E-state index is 12.4. The van der Waals surface area contributed by atoms with Crippen molar-refractivity contribution < 1.29 is 14.3 Å². The lowest BCUT2D eigenvalue weighted by atomic mass is 10.0. The van der Waals surface area contributed by atoms with Crippen LogP contribution in [-0.2, 0) is 4.74 Å². The highest BCUT2D eigenvalue weighted by Gasteiger charge is 2.25. The molecular formula is C18H20N6O4. The van der Waals surface area contributed by atoms with E-state index in [-0.39, 0.29) is 24.2 Å². The molecule has 0 aliphatic carbocycles. The molecule has 3 aromatic rings. The molecule has 146 valence electrons. The summed E-state index contributed by atoms with van der Waals surface area (Å²) in [5.74, 6) is 0.810. The van der Waals surface area contributed by atoms with Crippen LogP contribution in [0, 0.1) is 0 Å². The Morgan fingerprint density at radius 1 is 1.29 bits per heavy atom. The van der Waals surface area contributed by atoms with Crippen LogP contribution < -0.4 is 15.3 Å². The molecule has 0 amide bonds. The van der Waals surface area contributed by atoms with Gasteiger partial charge in [-0.3, -0.25) is 9.55 Å². The number of nitrogens with one attached hydrogen (secondary N) is 1. The Morgan fingerprint density at radius 2 is 2.11 bits per heavy atom. The normalized spacial score (nSPS) is 15.0. The molecular weight excluding hydrogens is 364 g/mol. The minimum absolute atomic E-state index is 0.0822. The van der Waals surface area contributed by atoms with Gasteiger partial charge >= 0.3 is 11.8 Å². The number of ether oxygens (including phenoxy) is 2. The molecule has 0 bridgehead atoms. The maximum absolute atomic E-state index is 12.4. The fraction of sp³-hybridized carbons (Fsp3) is 0.389. The Morgan fingerprint density at radius 3 is 2.89 bits per heavy atom. The number of aromatic nitrogens is 5. The standard InChI is InChI=1S/C18H20N6O4/c1-2-27-18(26)28-15-10-14(20-11-21-15)23-8-5-12(6-9-23)24-13-4-3-7-19-16(13)22-17(24)25/h3-4,7,10-12H,2,5-6,8-9H2,1H3,(H,19,22,25). The van der Waals surface area contributed by atoms with Gasteiger partial charge in [0.1, 0.15) is 12.1 Å². The quantitative estimate of drug-likeness (QED) is 0.678. The first kappa shape index (κ1) is 18.0. The molecule has 1 saturated heterocycles. The fourth-order valence-electron chi connectivity index (χ4n) is 3.47. The number of nitrogens with zero attached hydrogens (tertiary/aromatic N) is 5. The number of hydrogen-bond donors (Lipinski definition) is 1. The number of aromatic amines is 1. The van der Waals surface area contributed by atoms with E-state index < -0.39 is 6.16 Å². The summed E-state index contributed by atoms with van der Waals surface area (Å²) in [6.45, 7) is 3.35. The molecule has 4 rings (SSSR count). The van der Waals surface area contributed by atoms with Crippen molar-refractivity contribution in [2.75, 3.05) is 24.6 Å². The summed E-state index contributed by atoms with van der Waals surface area (Å²) in [6, 6.07) is 5.42. The van der Waals surface area contributed by atoms with Gasteiger partial charge in [0.25, 0.3) is 0 Å². The van der Waals surface area contributed by atoms with Gasteiger partial charge in [0.15, 0.2) is 5.65 Å². The molecule has 0 radical (unpaired) electrons. The Hall–Kier alpha value is -3.43. The first-order valence-corrected chi connectivity index (χ1v) is 9.12. The van der Waals surface area contributed by atoms with Crippen molar-refractivity contribution in [2.45, 2.75) is 25.8 Å². The van der Waals surface area contributed by atoms with E-state index in [0.29, 0.717) is 24.6 Å². The topological polar surface area (TPSA) is 115 Å². The largest absolute Gasteiger partial charge is 0.515 e. The first-order chi connectivity index (χ1) is 13.7. The van der Waals surface area contributed by atoms with E-state index >= 15 is 0 Å². The number of fused-ring (bicyclic) bond motifs is 1. The highest BCUT2D eigenvalue weighted by molar-refractivity contribution is 5.70. The third kappa shape index (κ3) is 3.53. The van der Waals surface area contributed by atoms with Crippen molar-refractivity contribution in [1.29, 1.82) is 0 Å². The van der Waals surface area contributed by atoms with Crippen molar-refractivity contribution in [3.8, 4) is 5.88 Å². The summed E-state index contributed by atoms with van der Waals surface area (Å²) in [5, 5.41) is 0. The van der Waals surface area contributed by atoms with Crippen LogP contribution in [0.4, 0.5) is 10.6 Å². The molecule has 1 aliphatic heterocycles. The Bertz CT molecular complexity index is 1040. The molecule has 1 N–H and O–H groups in total. The van der Waals surface area contributed by atoms with E-state index in [1.807, 2.05) is 12.1 Å². The number of piperidine rings is 1. The van der Waals surface area contributed by atoms with Gasteiger partial charge in [-0.25, -0.2) is 24.5 Å². The fourth-order valence-corrected chi connectivity index (χ4v) is 3.47. The van der Waals surface area contributed by atoms with E-state index in [4.69, 9.17) is 9.47 Å². The SMILES string of the molecule is CCOC(=O)Oc1cc(N2CCC(n3c(=O)[nH]c4ncccc43)CC2)ncn1. The smallest absolute Gasteiger partial charge is 0.434 e. The molecule has 28 heavy (non-hydrogen) atoms. The van der Waals surface area contributed by atoms with Crippen LogP contribution in [0.25, 0.3) is 11.2 Å². The lowest BCUT2D eigenvalue weighted by molar-refractivity contribution is 0.102. The van der Waals surface area contributed by atoms with Crippen molar-refractivity contribution >= 4 is 23.1 Å². The predicted octanol–water partition coefficient (Wildman–Crippen LogP) is 1.89. The van der Waals surface area contributed by atoms with Gasteiger partial charge in [-0.2, -0.15) is 0 Å². The Kier molecular flexibility index (Phi) is 4.92. The van der Waals surface area contributed by atoms with Gasteiger partial charge in [-0.05, 0) is 31.9 Å². The molecule has 3 aromatic heterocycles. The second kappa shape index (κ2) is 7.67. The van der Waals surface area contributed by atoms with Gasteiger partial charge in [0.05, 0.1) is 12.1 Å². The molecule has 4 heterocycles. The number of imidazole rings is 1. The Balaban J connectivity index is 1.46. The lowest BCUT2D eigenvalue weighted by Crippen LogP contribution is -2.37.